The molecule has 0 fully saturated rings. The largest absolute Gasteiger partial charge is 0.500 e. The third-order valence-corrected chi connectivity index (χ3v) is 4.27. The van der Waals surface area contributed by atoms with Gasteiger partial charge in [0.25, 0.3) is 0 Å². The van der Waals surface area contributed by atoms with Crippen molar-refractivity contribution >= 4 is 17.5 Å². The van der Waals surface area contributed by atoms with E-state index < -0.39 is 16.4 Å². The van der Waals surface area contributed by atoms with Crippen molar-refractivity contribution in [3.8, 4) is 17.2 Å². The van der Waals surface area contributed by atoms with Gasteiger partial charge >= 0.3 is 5.69 Å². The van der Waals surface area contributed by atoms with Gasteiger partial charge in [0, 0.05) is 6.07 Å². The van der Waals surface area contributed by atoms with E-state index in [2.05, 4.69) is 5.10 Å². The number of hydrogen-bond donors (Lipinski definition) is 1. The lowest BCUT2D eigenvalue weighted by Gasteiger charge is -2.05. The maximum absolute atomic E-state index is 13.1. The molecule has 8 nitrogen and oxygen atoms in total. The maximum Gasteiger partial charge on any atom is 0.315 e. The molecular weight excluding hydrogens is 381 g/mol. The van der Waals surface area contributed by atoms with Crippen LogP contribution in [-0.2, 0) is 0 Å². The molecule has 0 aliphatic heterocycles. The van der Waals surface area contributed by atoms with Gasteiger partial charge in [-0.2, -0.15) is 5.10 Å². The molecule has 0 saturated carbocycles. The number of rotatable bonds is 6. The van der Waals surface area contributed by atoms with E-state index >= 15 is 0 Å². The fourth-order valence-corrected chi connectivity index (χ4v) is 2.76. The number of hydrogen-bond acceptors (Lipinski definition) is 6. The molecule has 0 saturated heterocycles. The van der Waals surface area contributed by atoms with Crippen LogP contribution in [0.15, 0.2) is 48.7 Å². The molecule has 0 aliphatic carbocycles. The van der Waals surface area contributed by atoms with Gasteiger partial charge in [-0.1, -0.05) is 6.08 Å². The highest BCUT2D eigenvalue weighted by molar-refractivity contribution is 6.07. The highest BCUT2D eigenvalue weighted by Crippen LogP contribution is 2.37. The standard InChI is InChI=1S/C20H16FN3O5/c1-12-16(11-22-23(12)15-6-4-14(21)5-7-15)18(25)8-3-13-9-17(24(27)28)20(26)19(10-13)29-2/h3-11,26H,1-2H3/b8-3+. The Balaban J connectivity index is 1.89. The summed E-state index contributed by atoms with van der Waals surface area (Å²) in [5.74, 6) is -1.41. The van der Waals surface area contributed by atoms with Gasteiger partial charge in [0.1, 0.15) is 5.82 Å². The number of phenols is 1. The molecule has 1 heterocycles. The minimum atomic E-state index is -0.742. The van der Waals surface area contributed by atoms with E-state index in [1.165, 1.54) is 48.3 Å². The van der Waals surface area contributed by atoms with Crippen molar-refractivity contribution < 1.29 is 24.0 Å². The molecule has 1 aromatic heterocycles. The molecule has 0 aliphatic rings. The second kappa shape index (κ2) is 7.93. The number of ketones is 1. The van der Waals surface area contributed by atoms with E-state index in [9.17, 15) is 24.4 Å². The minimum absolute atomic E-state index is 0.0772. The number of carbonyl (C=O) groups excluding carboxylic acids is 1. The van der Waals surface area contributed by atoms with Crippen LogP contribution in [0.5, 0.6) is 11.5 Å². The summed E-state index contributed by atoms with van der Waals surface area (Å²) in [6.07, 6.45) is 4.02. The molecule has 148 valence electrons. The lowest BCUT2D eigenvalue weighted by atomic mass is 10.1. The first-order chi connectivity index (χ1) is 13.8. The van der Waals surface area contributed by atoms with Crippen molar-refractivity contribution in [2.45, 2.75) is 6.92 Å². The number of carbonyl (C=O) groups is 1. The summed E-state index contributed by atoms with van der Waals surface area (Å²) in [5, 5.41) is 25.0. The van der Waals surface area contributed by atoms with Crippen LogP contribution in [0, 0.1) is 22.9 Å². The van der Waals surface area contributed by atoms with Gasteiger partial charge in [0.2, 0.25) is 5.75 Å². The first kappa shape index (κ1) is 19.7. The van der Waals surface area contributed by atoms with Crippen LogP contribution in [0.25, 0.3) is 11.8 Å². The SMILES string of the molecule is COc1cc(/C=C/C(=O)c2cnn(-c3ccc(F)cc3)c2C)cc([N+](=O)[O-])c1O. The average Bonchev–Trinajstić information content (AvgIpc) is 3.08. The lowest BCUT2D eigenvalue weighted by Crippen LogP contribution is -2.01. The number of allylic oxidation sites excluding steroid dienone is 1. The lowest BCUT2D eigenvalue weighted by molar-refractivity contribution is -0.386. The van der Waals surface area contributed by atoms with Crippen LogP contribution >= 0.6 is 0 Å². The maximum atomic E-state index is 13.1. The molecule has 0 bridgehead atoms. The molecule has 0 spiro atoms. The number of halogens is 1. The van der Waals surface area contributed by atoms with E-state index in [1.54, 1.807) is 19.1 Å². The van der Waals surface area contributed by atoms with Crippen LogP contribution < -0.4 is 4.74 Å². The molecule has 3 aromatic rings. The third kappa shape index (κ3) is 3.98. The second-order valence-corrected chi connectivity index (χ2v) is 6.08. The summed E-state index contributed by atoms with van der Waals surface area (Å²) in [4.78, 5) is 22.9. The average molecular weight is 397 g/mol. The zero-order valence-electron chi connectivity index (χ0n) is 15.5. The molecule has 2 aromatic carbocycles. The summed E-state index contributed by atoms with van der Waals surface area (Å²) in [6, 6.07) is 8.19. The van der Waals surface area contributed by atoms with Gasteiger partial charge < -0.3 is 9.84 Å². The monoisotopic (exact) mass is 397 g/mol. The molecule has 0 atom stereocenters. The molecule has 3 rings (SSSR count). The van der Waals surface area contributed by atoms with E-state index in [1.807, 2.05) is 0 Å². The Morgan fingerprint density at radius 2 is 2.00 bits per heavy atom. The van der Waals surface area contributed by atoms with Gasteiger partial charge in [0.05, 0.1) is 35.2 Å². The van der Waals surface area contributed by atoms with E-state index in [4.69, 9.17) is 4.74 Å². The Morgan fingerprint density at radius 3 is 2.62 bits per heavy atom. The summed E-state index contributed by atoms with van der Waals surface area (Å²) in [7, 11) is 1.27. The quantitative estimate of drug-likeness (QED) is 0.293. The van der Waals surface area contributed by atoms with Crippen molar-refractivity contribution in [1.82, 2.24) is 9.78 Å². The molecular formula is C20H16FN3O5. The van der Waals surface area contributed by atoms with Crippen molar-refractivity contribution in [1.29, 1.82) is 0 Å². The molecule has 0 unspecified atom stereocenters. The van der Waals surface area contributed by atoms with Gasteiger partial charge in [-0.25, -0.2) is 9.07 Å². The van der Waals surface area contributed by atoms with E-state index in [-0.39, 0.29) is 17.3 Å². The summed E-state index contributed by atoms with van der Waals surface area (Å²) < 4.78 is 19.5. The Morgan fingerprint density at radius 1 is 1.31 bits per heavy atom. The number of benzene rings is 2. The number of methoxy groups -OCH3 is 1. The van der Waals surface area contributed by atoms with Crippen molar-refractivity contribution in [2.75, 3.05) is 7.11 Å². The van der Waals surface area contributed by atoms with Crippen LogP contribution in [0.1, 0.15) is 21.6 Å². The molecule has 0 radical (unpaired) electrons. The fraction of sp³-hybridized carbons (Fsp3) is 0.100. The van der Waals surface area contributed by atoms with Gasteiger partial charge in [-0.15, -0.1) is 0 Å². The molecule has 0 amide bonds. The molecule has 1 N–H and O–H groups in total. The first-order valence-electron chi connectivity index (χ1n) is 8.40. The first-order valence-corrected chi connectivity index (χ1v) is 8.40. The predicted octanol–water partition coefficient (Wildman–Crippen LogP) is 3.84. The normalized spacial score (nSPS) is 11.0. The fourth-order valence-electron chi connectivity index (χ4n) is 2.76. The smallest absolute Gasteiger partial charge is 0.315 e. The Kier molecular flexibility index (Phi) is 5.40. The minimum Gasteiger partial charge on any atom is -0.500 e. The highest BCUT2D eigenvalue weighted by atomic mass is 19.1. The Labute approximate surface area is 164 Å². The summed E-state index contributed by atoms with van der Waals surface area (Å²) in [5.41, 5.74) is 1.26. The van der Waals surface area contributed by atoms with E-state index in [0.29, 0.717) is 22.5 Å². The predicted molar refractivity (Wildman–Crippen MR) is 103 cm³/mol. The van der Waals surface area contributed by atoms with Crippen LogP contribution in [0.2, 0.25) is 0 Å². The van der Waals surface area contributed by atoms with Gasteiger partial charge in [0.15, 0.2) is 11.5 Å². The number of phenolic OH excluding ortho intramolecular Hbond substituents is 1. The number of nitro groups is 1. The molecule has 9 heteroatoms. The zero-order chi connectivity index (χ0) is 21.1. The van der Waals surface area contributed by atoms with Gasteiger partial charge in [-0.05, 0) is 48.9 Å². The zero-order valence-corrected chi connectivity index (χ0v) is 15.5. The van der Waals surface area contributed by atoms with Crippen molar-refractivity contribution in [2.24, 2.45) is 0 Å². The summed E-state index contributed by atoms with van der Waals surface area (Å²) >= 11 is 0. The second-order valence-electron chi connectivity index (χ2n) is 6.08. The number of aromatic nitrogens is 2. The third-order valence-electron chi connectivity index (χ3n) is 4.27. The Hall–Kier alpha value is -4.01. The number of ether oxygens (including phenoxy) is 1. The van der Waals surface area contributed by atoms with Crippen LogP contribution in [-0.4, -0.2) is 32.7 Å². The number of nitrogens with zero attached hydrogens (tertiary/aromatic N) is 3. The van der Waals surface area contributed by atoms with Crippen LogP contribution in [0.3, 0.4) is 0 Å². The topological polar surface area (TPSA) is 107 Å². The number of aromatic hydroxyl groups is 1. The van der Waals surface area contributed by atoms with E-state index in [0.717, 1.165) is 6.07 Å². The van der Waals surface area contributed by atoms with Crippen molar-refractivity contribution in [3.05, 3.63) is 81.4 Å². The van der Waals surface area contributed by atoms with Crippen molar-refractivity contribution in [3.63, 3.8) is 0 Å². The highest BCUT2D eigenvalue weighted by Gasteiger charge is 2.19. The molecule has 29 heavy (non-hydrogen) atoms. The van der Waals surface area contributed by atoms with Crippen LogP contribution in [0.4, 0.5) is 10.1 Å². The van der Waals surface area contributed by atoms with Gasteiger partial charge in [-0.3, -0.25) is 14.9 Å². The Bertz CT molecular complexity index is 1120. The summed E-state index contributed by atoms with van der Waals surface area (Å²) in [6.45, 7) is 1.70. The number of nitro benzene ring substituents is 1.